The van der Waals surface area contributed by atoms with Gasteiger partial charge in [0, 0.05) is 12.0 Å². The number of oxime groups is 1. The van der Waals surface area contributed by atoms with Gasteiger partial charge in [0.1, 0.15) is 0 Å². The first-order valence-electron chi connectivity index (χ1n) is 6.05. The second-order valence-electron chi connectivity index (χ2n) is 5.10. The van der Waals surface area contributed by atoms with Crippen molar-refractivity contribution in [2.45, 2.75) is 32.8 Å². The van der Waals surface area contributed by atoms with Gasteiger partial charge in [-0.05, 0) is 32.9 Å². The third kappa shape index (κ3) is 2.88. The first-order valence-corrected chi connectivity index (χ1v) is 6.05. The number of nitrogens with one attached hydrogen (secondary N) is 1. The maximum Gasteiger partial charge on any atom is 0.251 e. The highest BCUT2D eigenvalue weighted by Gasteiger charge is 2.32. The Morgan fingerprint density at radius 3 is 2.89 bits per heavy atom. The van der Waals surface area contributed by atoms with Crippen LogP contribution in [-0.2, 0) is 4.84 Å². The summed E-state index contributed by atoms with van der Waals surface area (Å²) in [6.07, 6.45) is 0.751. The van der Waals surface area contributed by atoms with Gasteiger partial charge in [0.15, 0.2) is 5.60 Å². The van der Waals surface area contributed by atoms with Crippen molar-refractivity contribution in [1.82, 2.24) is 5.32 Å². The van der Waals surface area contributed by atoms with Gasteiger partial charge in [-0.3, -0.25) is 4.79 Å². The van der Waals surface area contributed by atoms with Crippen LogP contribution >= 0.6 is 0 Å². The van der Waals surface area contributed by atoms with E-state index >= 15 is 0 Å². The number of rotatable bonds is 3. The minimum absolute atomic E-state index is 0.0759. The molecule has 0 saturated carbocycles. The van der Waals surface area contributed by atoms with E-state index in [0.717, 1.165) is 17.7 Å². The fourth-order valence-electron chi connectivity index (χ4n) is 2.04. The first kappa shape index (κ1) is 12.6. The molecule has 2 rings (SSSR count). The molecule has 1 aromatic rings. The predicted octanol–water partition coefficient (Wildman–Crippen LogP) is 2.28. The third-order valence-corrected chi connectivity index (χ3v) is 2.95. The Balaban J connectivity index is 1.93. The predicted molar refractivity (Wildman–Crippen MR) is 70.7 cm³/mol. The SMILES string of the molecule is CC1=NO[C@@](C)(CNC(=O)c2cccc(C)c2)C1. The number of carbonyl (C=O) groups excluding carboxylic acids is 1. The Labute approximate surface area is 107 Å². The molecule has 4 heteroatoms. The molecule has 1 amide bonds. The molecule has 0 unspecified atom stereocenters. The number of aryl methyl sites for hydroxylation is 1. The quantitative estimate of drug-likeness (QED) is 0.889. The molecule has 0 radical (unpaired) electrons. The fraction of sp³-hybridized carbons (Fsp3) is 0.429. The number of amides is 1. The molecule has 18 heavy (non-hydrogen) atoms. The highest BCUT2D eigenvalue weighted by atomic mass is 16.7. The third-order valence-electron chi connectivity index (χ3n) is 2.95. The zero-order valence-corrected chi connectivity index (χ0v) is 11.0. The largest absolute Gasteiger partial charge is 0.387 e. The lowest BCUT2D eigenvalue weighted by atomic mass is 10.0. The Bertz CT molecular complexity index is 496. The van der Waals surface area contributed by atoms with E-state index in [0.29, 0.717) is 12.1 Å². The van der Waals surface area contributed by atoms with Crippen molar-refractivity contribution in [3.8, 4) is 0 Å². The molecule has 0 bridgehead atoms. The second-order valence-corrected chi connectivity index (χ2v) is 5.10. The molecule has 0 aliphatic carbocycles. The van der Waals surface area contributed by atoms with E-state index in [1.54, 1.807) is 0 Å². The molecule has 1 aliphatic rings. The van der Waals surface area contributed by atoms with Crippen LogP contribution in [0.25, 0.3) is 0 Å². The second kappa shape index (κ2) is 4.80. The monoisotopic (exact) mass is 246 g/mol. The smallest absolute Gasteiger partial charge is 0.251 e. The van der Waals surface area contributed by atoms with E-state index in [9.17, 15) is 4.79 Å². The summed E-state index contributed by atoms with van der Waals surface area (Å²) in [6.45, 7) is 6.30. The molecule has 1 aromatic carbocycles. The summed E-state index contributed by atoms with van der Waals surface area (Å²) in [5.41, 5.74) is 2.30. The van der Waals surface area contributed by atoms with Gasteiger partial charge in [-0.1, -0.05) is 22.9 Å². The number of hydrogen-bond acceptors (Lipinski definition) is 3. The van der Waals surface area contributed by atoms with Crippen LogP contribution in [0.15, 0.2) is 29.4 Å². The lowest BCUT2D eigenvalue weighted by Gasteiger charge is -2.21. The summed E-state index contributed by atoms with van der Waals surface area (Å²) in [4.78, 5) is 17.3. The van der Waals surface area contributed by atoms with Crippen molar-refractivity contribution in [3.63, 3.8) is 0 Å². The summed E-state index contributed by atoms with van der Waals surface area (Å²) < 4.78 is 0. The first-order chi connectivity index (χ1) is 8.48. The van der Waals surface area contributed by atoms with Crippen LogP contribution in [0.5, 0.6) is 0 Å². The summed E-state index contributed by atoms with van der Waals surface area (Å²) in [6, 6.07) is 7.53. The number of nitrogens with zero attached hydrogens (tertiary/aromatic N) is 1. The van der Waals surface area contributed by atoms with E-state index in [1.165, 1.54) is 0 Å². The van der Waals surface area contributed by atoms with Gasteiger partial charge in [0.2, 0.25) is 0 Å². The zero-order chi connectivity index (χ0) is 13.2. The van der Waals surface area contributed by atoms with Crippen LogP contribution in [0.3, 0.4) is 0 Å². The lowest BCUT2D eigenvalue weighted by molar-refractivity contribution is -0.00181. The van der Waals surface area contributed by atoms with Crippen molar-refractivity contribution < 1.29 is 9.63 Å². The average Bonchev–Trinajstić information content (AvgIpc) is 2.67. The molecule has 1 aliphatic heterocycles. The molecule has 4 nitrogen and oxygen atoms in total. The maximum absolute atomic E-state index is 12.0. The molecule has 96 valence electrons. The molecular formula is C14H18N2O2. The Kier molecular flexibility index (Phi) is 3.36. The molecule has 0 fully saturated rings. The Morgan fingerprint density at radius 2 is 2.28 bits per heavy atom. The van der Waals surface area contributed by atoms with Crippen molar-refractivity contribution in [2.75, 3.05) is 6.54 Å². The van der Waals surface area contributed by atoms with Crippen molar-refractivity contribution >= 4 is 11.6 Å². The standard InChI is InChI=1S/C14H18N2O2/c1-10-5-4-6-12(7-10)13(17)15-9-14(3)8-11(2)16-18-14/h4-7H,8-9H2,1-3H3,(H,15,17)/t14-/m1/s1. The minimum Gasteiger partial charge on any atom is -0.387 e. The minimum atomic E-state index is -0.413. The Morgan fingerprint density at radius 1 is 1.50 bits per heavy atom. The number of carbonyl (C=O) groups is 1. The van der Waals surface area contributed by atoms with Gasteiger partial charge in [-0.15, -0.1) is 0 Å². The van der Waals surface area contributed by atoms with E-state index in [1.807, 2.05) is 45.0 Å². The molecule has 0 aromatic heterocycles. The molecule has 1 atom stereocenters. The highest BCUT2D eigenvalue weighted by Crippen LogP contribution is 2.22. The normalized spacial score (nSPS) is 22.3. The fourth-order valence-corrected chi connectivity index (χ4v) is 2.04. The van der Waals surface area contributed by atoms with Crippen LogP contribution in [0.4, 0.5) is 0 Å². The molecule has 1 heterocycles. The van der Waals surface area contributed by atoms with E-state index < -0.39 is 5.60 Å². The van der Waals surface area contributed by atoms with E-state index in [2.05, 4.69) is 10.5 Å². The molecule has 0 saturated heterocycles. The highest BCUT2D eigenvalue weighted by molar-refractivity contribution is 5.94. The van der Waals surface area contributed by atoms with Crippen LogP contribution in [0.2, 0.25) is 0 Å². The van der Waals surface area contributed by atoms with Gasteiger partial charge in [0.05, 0.1) is 12.3 Å². The zero-order valence-electron chi connectivity index (χ0n) is 11.0. The molecule has 0 spiro atoms. The van der Waals surface area contributed by atoms with Crippen LogP contribution < -0.4 is 5.32 Å². The van der Waals surface area contributed by atoms with E-state index in [4.69, 9.17) is 4.84 Å². The maximum atomic E-state index is 12.0. The van der Waals surface area contributed by atoms with Gasteiger partial charge in [0.25, 0.3) is 5.91 Å². The van der Waals surface area contributed by atoms with Gasteiger partial charge >= 0.3 is 0 Å². The molecular weight excluding hydrogens is 228 g/mol. The van der Waals surface area contributed by atoms with Gasteiger partial charge in [-0.2, -0.15) is 0 Å². The van der Waals surface area contributed by atoms with Crippen LogP contribution in [0.1, 0.15) is 36.2 Å². The van der Waals surface area contributed by atoms with Crippen molar-refractivity contribution in [3.05, 3.63) is 35.4 Å². The summed E-state index contributed by atoms with van der Waals surface area (Å²) in [5, 5.41) is 6.81. The van der Waals surface area contributed by atoms with Crippen molar-refractivity contribution in [1.29, 1.82) is 0 Å². The summed E-state index contributed by atoms with van der Waals surface area (Å²) in [5.74, 6) is -0.0759. The summed E-state index contributed by atoms with van der Waals surface area (Å²) in [7, 11) is 0. The average molecular weight is 246 g/mol. The summed E-state index contributed by atoms with van der Waals surface area (Å²) >= 11 is 0. The lowest BCUT2D eigenvalue weighted by Crippen LogP contribution is -2.40. The molecule has 1 N–H and O–H groups in total. The van der Waals surface area contributed by atoms with E-state index in [-0.39, 0.29) is 5.91 Å². The van der Waals surface area contributed by atoms with Gasteiger partial charge in [-0.25, -0.2) is 0 Å². The van der Waals surface area contributed by atoms with Crippen molar-refractivity contribution in [2.24, 2.45) is 5.16 Å². The Hall–Kier alpha value is -1.84. The van der Waals surface area contributed by atoms with Gasteiger partial charge < -0.3 is 10.2 Å². The topological polar surface area (TPSA) is 50.7 Å². The number of benzene rings is 1. The number of hydrogen-bond donors (Lipinski definition) is 1. The van der Waals surface area contributed by atoms with Crippen LogP contribution in [0, 0.1) is 6.92 Å². The van der Waals surface area contributed by atoms with Crippen LogP contribution in [-0.4, -0.2) is 23.8 Å².